The lowest BCUT2D eigenvalue weighted by atomic mass is 10.2. The molecule has 0 N–H and O–H groups in total. The predicted octanol–water partition coefficient (Wildman–Crippen LogP) is 4.87. The van der Waals surface area contributed by atoms with E-state index in [1.54, 1.807) is 0 Å². The number of esters is 1. The minimum absolute atomic E-state index is 0.311. The summed E-state index contributed by atoms with van der Waals surface area (Å²) in [4.78, 5) is 11.0. The monoisotopic (exact) mass is 425 g/mol. The van der Waals surface area contributed by atoms with Gasteiger partial charge in [-0.25, -0.2) is 0 Å². The second-order valence-corrected chi connectivity index (χ2v) is 6.58. The van der Waals surface area contributed by atoms with Crippen molar-refractivity contribution in [1.82, 2.24) is 4.57 Å². The van der Waals surface area contributed by atoms with E-state index >= 15 is 0 Å². The van der Waals surface area contributed by atoms with E-state index in [4.69, 9.17) is 16.3 Å². The molecular weight excluding hydrogens is 413 g/mol. The second kappa shape index (κ2) is 6.30. The summed E-state index contributed by atoms with van der Waals surface area (Å²) in [6.07, 6.45) is 2.03. The highest BCUT2D eigenvalue weighted by Crippen LogP contribution is 2.24. The number of carbonyl (C=O) groups is 1. The van der Waals surface area contributed by atoms with Crippen LogP contribution < -0.4 is 4.74 Å². The lowest BCUT2D eigenvalue weighted by molar-refractivity contribution is -0.131. The molecule has 0 unspecified atom stereocenters. The molecule has 0 amide bonds. The molecule has 0 aliphatic rings. The van der Waals surface area contributed by atoms with E-state index in [2.05, 4.69) is 33.2 Å². The van der Waals surface area contributed by atoms with Crippen molar-refractivity contribution in [1.29, 1.82) is 0 Å². The van der Waals surface area contributed by atoms with Crippen LogP contribution in [0.15, 0.2) is 48.7 Å². The van der Waals surface area contributed by atoms with Gasteiger partial charge in [0.2, 0.25) is 0 Å². The zero-order valence-electron chi connectivity index (χ0n) is 11.8. The molecule has 0 aliphatic carbocycles. The molecule has 0 fully saturated rings. The van der Waals surface area contributed by atoms with Crippen molar-refractivity contribution in [2.45, 2.75) is 13.5 Å². The number of aromatic nitrogens is 1. The fourth-order valence-corrected chi connectivity index (χ4v) is 3.08. The van der Waals surface area contributed by atoms with Gasteiger partial charge in [0.15, 0.2) is 0 Å². The highest BCUT2D eigenvalue weighted by atomic mass is 127. The van der Waals surface area contributed by atoms with Crippen molar-refractivity contribution in [2.75, 3.05) is 0 Å². The highest BCUT2D eigenvalue weighted by molar-refractivity contribution is 14.1. The maximum atomic E-state index is 11.0. The largest absolute Gasteiger partial charge is 0.427 e. The van der Waals surface area contributed by atoms with E-state index in [1.807, 2.05) is 42.6 Å². The Bertz CT molecular complexity index is 857. The van der Waals surface area contributed by atoms with Gasteiger partial charge < -0.3 is 9.30 Å². The Morgan fingerprint density at radius 3 is 2.77 bits per heavy atom. The number of nitrogens with zero attached hydrogens (tertiary/aromatic N) is 1. The van der Waals surface area contributed by atoms with Gasteiger partial charge in [-0.1, -0.05) is 17.7 Å². The van der Waals surface area contributed by atoms with Crippen LogP contribution in [0.25, 0.3) is 10.9 Å². The van der Waals surface area contributed by atoms with Gasteiger partial charge in [0.05, 0.1) is 5.02 Å². The Morgan fingerprint density at radius 1 is 1.23 bits per heavy atom. The van der Waals surface area contributed by atoms with Crippen molar-refractivity contribution < 1.29 is 9.53 Å². The molecule has 112 valence electrons. The van der Waals surface area contributed by atoms with Crippen molar-refractivity contribution in [3.63, 3.8) is 0 Å². The number of carbonyl (C=O) groups excluding carboxylic acids is 1. The van der Waals surface area contributed by atoms with Gasteiger partial charge in [0.1, 0.15) is 5.75 Å². The first-order valence-electron chi connectivity index (χ1n) is 6.74. The van der Waals surface area contributed by atoms with Crippen LogP contribution in [0.5, 0.6) is 5.75 Å². The summed E-state index contributed by atoms with van der Waals surface area (Å²) >= 11 is 8.30. The van der Waals surface area contributed by atoms with Crippen LogP contribution in [0, 0.1) is 3.57 Å². The van der Waals surface area contributed by atoms with Gasteiger partial charge in [-0.05, 0) is 64.6 Å². The van der Waals surface area contributed by atoms with Crippen LogP contribution in [-0.4, -0.2) is 10.5 Å². The van der Waals surface area contributed by atoms with Crippen LogP contribution in [0.2, 0.25) is 5.02 Å². The number of halogens is 2. The second-order valence-electron chi connectivity index (χ2n) is 5.01. The maximum absolute atomic E-state index is 11.0. The molecule has 0 aliphatic heterocycles. The minimum Gasteiger partial charge on any atom is -0.427 e. The lowest BCUT2D eigenvalue weighted by Gasteiger charge is -2.08. The van der Waals surface area contributed by atoms with E-state index in [0.717, 1.165) is 26.0 Å². The first-order chi connectivity index (χ1) is 10.5. The van der Waals surface area contributed by atoms with Crippen molar-refractivity contribution >= 4 is 51.1 Å². The van der Waals surface area contributed by atoms with Crippen LogP contribution in [0.1, 0.15) is 12.5 Å². The van der Waals surface area contributed by atoms with Gasteiger partial charge in [-0.15, -0.1) is 0 Å². The van der Waals surface area contributed by atoms with Crippen LogP contribution >= 0.6 is 34.2 Å². The summed E-state index contributed by atoms with van der Waals surface area (Å²) in [6.45, 7) is 2.17. The molecule has 5 heteroatoms. The first-order valence-corrected chi connectivity index (χ1v) is 8.20. The average Bonchev–Trinajstić information content (AvgIpc) is 2.85. The van der Waals surface area contributed by atoms with Crippen molar-refractivity contribution in [2.24, 2.45) is 0 Å². The van der Waals surface area contributed by atoms with Gasteiger partial charge in [0.25, 0.3) is 0 Å². The topological polar surface area (TPSA) is 31.2 Å². The van der Waals surface area contributed by atoms with E-state index < -0.39 is 0 Å². The van der Waals surface area contributed by atoms with Crippen LogP contribution in [0.3, 0.4) is 0 Å². The molecule has 0 saturated heterocycles. The van der Waals surface area contributed by atoms with Gasteiger partial charge >= 0.3 is 5.97 Å². The zero-order chi connectivity index (χ0) is 15.7. The normalized spacial score (nSPS) is 10.9. The Hall–Kier alpha value is -1.53. The average molecular weight is 426 g/mol. The molecular formula is C17H13ClINO2. The summed E-state index contributed by atoms with van der Waals surface area (Å²) in [6, 6.07) is 13.7. The van der Waals surface area contributed by atoms with Crippen molar-refractivity contribution in [3.05, 3.63) is 62.8 Å². The third-order valence-electron chi connectivity index (χ3n) is 3.34. The fourth-order valence-electron chi connectivity index (χ4n) is 2.38. The Balaban J connectivity index is 1.91. The summed E-state index contributed by atoms with van der Waals surface area (Å²) < 4.78 is 8.32. The predicted molar refractivity (Wildman–Crippen MR) is 96.5 cm³/mol. The smallest absolute Gasteiger partial charge is 0.308 e. The number of rotatable bonds is 3. The molecule has 1 heterocycles. The van der Waals surface area contributed by atoms with Gasteiger partial charge in [-0.2, -0.15) is 0 Å². The Labute approximate surface area is 147 Å². The fraction of sp³-hybridized carbons (Fsp3) is 0.118. The molecule has 0 bridgehead atoms. The van der Waals surface area contributed by atoms with E-state index in [9.17, 15) is 4.79 Å². The van der Waals surface area contributed by atoms with E-state index in [-0.39, 0.29) is 5.97 Å². The highest BCUT2D eigenvalue weighted by Gasteiger charge is 2.06. The molecule has 3 rings (SSSR count). The first kappa shape index (κ1) is 15.4. The van der Waals surface area contributed by atoms with E-state index in [1.165, 1.54) is 12.5 Å². The maximum Gasteiger partial charge on any atom is 0.308 e. The zero-order valence-corrected chi connectivity index (χ0v) is 14.8. The molecule has 22 heavy (non-hydrogen) atoms. The standard InChI is InChI=1S/C17H13ClINO2/c1-11(21)22-14-3-5-17-13(9-14)6-7-20(17)10-12-2-4-15(18)16(19)8-12/h2-9H,10H2,1H3. The number of hydrogen-bond acceptors (Lipinski definition) is 2. The van der Waals surface area contributed by atoms with E-state index in [0.29, 0.717) is 5.75 Å². The third-order valence-corrected chi connectivity index (χ3v) is 4.88. The summed E-state index contributed by atoms with van der Waals surface area (Å²) in [5, 5.41) is 1.81. The summed E-state index contributed by atoms with van der Waals surface area (Å²) in [7, 11) is 0. The minimum atomic E-state index is -0.311. The molecule has 1 aromatic heterocycles. The van der Waals surface area contributed by atoms with Gasteiger partial charge in [0, 0.05) is 34.1 Å². The summed E-state index contributed by atoms with van der Waals surface area (Å²) in [5.41, 5.74) is 2.29. The molecule has 0 saturated carbocycles. The quantitative estimate of drug-likeness (QED) is 0.340. The summed E-state index contributed by atoms with van der Waals surface area (Å²) in [5.74, 6) is 0.258. The van der Waals surface area contributed by atoms with Gasteiger partial charge in [-0.3, -0.25) is 4.79 Å². The molecule has 2 aromatic carbocycles. The number of hydrogen-bond donors (Lipinski definition) is 0. The Kier molecular flexibility index (Phi) is 4.40. The van der Waals surface area contributed by atoms with Crippen LogP contribution in [0.4, 0.5) is 0 Å². The number of ether oxygens (including phenoxy) is 1. The third kappa shape index (κ3) is 3.28. The molecule has 0 spiro atoms. The lowest BCUT2D eigenvalue weighted by Crippen LogP contribution is -2.01. The number of fused-ring (bicyclic) bond motifs is 1. The van der Waals surface area contributed by atoms with Crippen LogP contribution in [-0.2, 0) is 11.3 Å². The Morgan fingerprint density at radius 2 is 2.05 bits per heavy atom. The van der Waals surface area contributed by atoms with Crippen molar-refractivity contribution in [3.8, 4) is 5.75 Å². The SMILES string of the molecule is CC(=O)Oc1ccc2c(ccn2Cc2ccc(Cl)c(I)c2)c1. The molecule has 0 atom stereocenters. The number of benzene rings is 2. The molecule has 3 aromatic rings. The molecule has 0 radical (unpaired) electrons. The molecule has 3 nitrogen and oxygen atoms in total.